The Bertz CT molecular complexity index is 402. The highest BCUT2D eigenvalue weighted by atomic mass is 14.9. The maximum Gasteiger partial charge on any atom is 0.0317 e. The first-order valence-corrected chi connectivity index (χ1v) is 7.77. The van der Waals surface area contributed by atoms with Crippen molar-refractivity contribution in [2.75, 3.05) is 6.54 Å². The SMILES string of the molecule is CCC(NCCC1=CCCCC1)c1ccc(C)cc1. The molecule has 0 aliphatic heterocycles. The van der Waals surface area contributed by atoms with Gasteiger partial charge in [-0.05, 0) is 57.6 Å². The summed E-state index contributed by atoms with van der Waals surface area (Å²) in [5.41, 5.74) is 4.43. The van der Waals surface area contributed by atoms with E-state index in [1.54, 1.807) is 5.57 Å². The summed E-state index contributed by atoms with van der Waals surface area (Å²) in [4.78, 5) is 0. The second-order valence-corrected chi connectivity index (χ2v) is 5.68. The fraction of sp³-hybridized carbons (Fsp3) is 0.556. The molecule has 1 atom stereocenters. The van der Waals surface area contributed by atoms with Crippen LogP contribution in [0.1, 0.15) is 62.6 Å². The van der Waals surface area contributed by atoms with E-state index in [9.17, 15) is 0 Å². The molecule has 0 heterocycles. The number of allylic oxidation sites excluding steroid dienone is 1. The fourth-order valence-electron chi connectivity index (χ4n) is 2.84. The zero-order valence-corrected chi connectivity index (χ0v) is 12.4. The smallest absolute Gasteiger partial charge is 0.0317 e. The summed E-state index contributed by atoms with van der Waals surface area (Å²) < 4.78 is 0. The van der Waals surface area contributed by atoms with Crippen LogP contribution in [0.5, 0.6) is 0 Å². The lowest BCUT2D eigenvalue weighted by atomic mass is 9.97. The van der Waals surface area contributed by atoms with Crippen LogP contribution in [-0.2, 0) is 0 Å². The molecule has 0 fully saturated rings. The summed E-state index contributed by atoms with van der Waals surface area (Å²) in [5, 5.41) is 3.71. The standard InChI is InChI=1S/C18H27N/c1-3-18(17-11-9-15(2)10-12-17)19-14-13-16-7-5-4-6-8-16/h7,9-12,18-19H,3-6,8,13-14H2,1-2H3. The molecule has 1 aliphatic carbocycles. The Balaban J connectivity index is 1.82. The van der Waals surface area contributed by atoms with Crippen LogP contribution in [0.15, 0.2) is 35.9 Å². The van der Waals surface area contributed by atoms with Crippen LogP contribution < -0.4 is 5.32 Å². The maximum atomic E-state index is 3.71. The molecule has 0 spiro atoms. The topological polar surface area (TPSA) is 12.0 Å². The lowest BCUT2D eigenvalue weighted by Crippen LogP contribution is -2.22. The maximum absolute atomic E-state index is 3.71. The van der Waals surface area contributed by atoms with Crippen molar-refractivity contribution in [3.63, 3.8) is 0 Å². The van der Waals surface area contributed by atoms with Crippen molar-refractivity contribution in [2.45, 2.75) is 58.4 Å². The summed E-state index contributed by atoms with van der Waals surface area (Å²) in [7, 11) is 0. The van der Waals surface area contributed by atoms with Gasteiger partial charge in [-0.3, -0.25) is 0 Å². The Morgan fingerprint density at radius 1 is 1.16 bits per heavy atom. The van der Waals surface area contributed by atoms with E-state index in [0.29, 0.717) is 6.04 Å². The van der Waals surface area contributed by atoms with Crippen LogP contribution in [0.2, 0.25) is 0 Å². The van der Waals surface area contributed by atoms with E-state index in [2.05, 4.69) is 49.5 Å². The Kier molecular flexibility index (Phi) is 5.65. The van der Waals surface area contributed by atoms with Crippen molar-refractivity contribution in [3.8, 4) is 0 Å². The summed E-state index contributed by atoms with van der Waals surface area (Å²) >= 11 is 0. The minimum absolute atomic E-state index is 0.504. The van der Waals surface area contributed by atoms with Crippen LogP contribution in [0, 0.1) is 6.92 Å². The average molecular weight is 257 g/mol. The molecule has 0 bridgehead atoms. The quantitative estimate of drug-likeness (QED) is 0.713. The minimum Gasteiger partial charge on any atom is -0.310 e. The van der Waals surface area contributed by atoms with Crippen LogP contribution in [-0.4, -0.2) is 6.54 Å². The fourth-order valence-corrected chi connectivity index (χ4v) is 2.84. The third kappa shape index (κ3) is 4.50. The largest absolute Gasteiger partial charge is 0.310 e. The van der Waals surface area contributed by atoms with E-state index in [-0.39, 0.29) is 0 Å². The normalized spacial score (nSPS) is 17.1. The van der Waals surface area contributed by atoms with Gasteiger partial charge in [0.05, 0.1) is 0 Å². The minimum atomic E-state index is 0.504. The van der Waals surface area contributed by atoms with E-state index in [0.717, 1.165) is 13.0 Å². The summed E-state index contributed by atoms with van der Waals surface area (Å²) in [6, 6.07) is 9.45. The molecule has 0 saturated carbocycles. The molecule has 1 aromatic carbocycles. The average Bonchev–Trinajstić information content (AvgIpc) is 2.46. The van der Waals surface area contributed by atoms with Crippen molar-refractivity contribution in [2.24, 2.45) is 0 Å². The molecule has 1 N–H and O–H groups in total. The number of rotatable bonds is 6. The van der Waals surface area contributed by atoms with Gasteiger partial charge in [0.25, 0.3) is 0 Å². The molecule has 104 valence electrons. The molecule has 1 aliphatic rings. The van der Waals surface area contributed by atoms with Gasteiger partial charge in [-0.2, -0.15) is 0 Å². The molecule has 19 heavy (non-hydrogen) atoms. The molecule has 1 heteroatoms. The van der Waals surface area contributed by atoms with E-state index < -0.39 is 0 Å². The number of benzene rings is 1. The Hall–Kier alpha value is -1.08. The van der Waals surface area contributed by atoms with Gasteiger partial charge in [0.1, 0.15) is 0 Å². The van der Waals surface area contributed by atoms with Crippen molar-refractivity contribution in [1.29, 1.82) is 0 Å². The first kappa shape index (κ1) is 14.3. The van der Waals surface area contributed by atoms with Gasteiger partial charge < -0.3 is 5.32 Å². The number of hydrogen-bond acceptors (Lipinski definition) is 1. The van der Waals surface area contributed by atoms with E-state index in [4.69, 9.17) is 0 Å². The van der Waals surface area contributed by atoms with Gasteiger partial charge in [0.2, 0.25) is 0 Å². The monoisotopic (exact) mass is 257 g/mol. The van der Waals surface area contributed by atoms with Crippen molar-refractivity contribution in [3.05, 3.63) is 47.0 Å². The molecule has 0 radical (unpaired) electrons. The van der Waals surface area contributed by atoms with Crippen LogP contribution in [0.25, 0.3) is 0 Å². The van der Waals surface area contributed by atoms with Gasteiger partial charge in [-0.15, -0.1) is 0 Å². The zero-order chi connectivity index (χ0) is 13.5. The summed E-state index contributed by atoms with van der Waals surface area (Å²) in [5.74, 6) is 0. The molecular weight excluding hydrogens is 230 g/mol. The lowest BCUT2D eigenvalue weighted by molar-refractivity contribution is 0.515. The predicted molar refractivity (Wildman–Crippen MR) is 83.4 cm³/mol. The molecular formula is C18H27N. The third-order valence-corrected chi connectivity index (χ3v) is 4.11. The van der Waals surface area contributed by atoms with Gasteiger partial charge in [-0.1, -0.05) is 48.4 Å². The predicted octanol–water partition coefficient (Wildman–Crippen LogP) is 4.93. The molecule has 0 saturated heterocycles. The van der Waals surface area contributed by atoms with Gasteiger partial charge in [0.15, 0.2) is 0 Å². The Morgan fingerprint density at radius 2 is 1.95 bits per heavy atom. The zero-order valence-electron chi connectivity index (χ0n) is 12.4. The molecule has 1 aromatic rings. The second-order valence-electron chi connectivity index (χ2n) is 5.68. The van der Waals surface area contributed by atoms with Crippen LogP contribution in [0.3, 0.4) is 0 Å². The molecule has 2 rings (SSSR count). The van der Waals surface area contributed by atoms with E-state index >= 15 is 0 Å². The van der Waals surface area contributed by atoms with E-state index in [1.165, 1.54) is 43.2 Å². The first-order chi connectivity index (χ1) is 9.29. The molecule has 1 unspecified atom stereocenters. The van der Waals surface area contributed by atoms with Crippen molar-refractivity contribution < 1.29 is 0 Å². The highest BCUT2D eigenvalue weighted by Gasteiger charge is 2.09. The third-order valence-electron chi connectivity index (χ3n) is 4.11. The van der Waals surface area contributed by atoms with Crippen molar-refractivity contribution >= 4 is 0 Å². The van der Waals surface area contributed by atoms with E-state index in [1.807, 2.05) is 0 Å². The van der Waals surface area contributed by atoms with Crippen LogP contribution >= 0.6 is 0 Å². The Labute approximate surface area is 118 Å². The van der Waals surface area contributed by atoms with Gasteiger partial charge >= 0.3 is 0 Å². The lowest BCUT2D eigenvalue weighted by Gasteiger charge is -2.19. The second kappa shape index (κ2) is 7.49. The van der Waals surface area contributed by atoms with Crippen LogP contribution in [0.4, 0.5) is 0 Å². The number of hydrogen-bond donors (Lipinski definition) is 1. The molecule has 0 amide bonds. The highest BCUT2D eigenvalue weighted by Crippen LogP contribution is 2.21. The summed E-state index contributed by atoms with van der Waals surface area (Å²) in [6.07, 6.45) is 10.2. The Morgan fingerprint density at radius 3 is 2.58 bits per heavy atom. The first-order valence-electron chi connectivity index (χ1n) is 7.77. The number of aryl methyl sites for hydroxylation is 1. The van der Waals surface area contributed by atoms with Gasteiger partial charge in [-0.25, -0.2) is 0 Å². The number of nitrogens with one attached hydrogen (secondary N) is 1. The highest BCUT2D eigenvalue weighted by molar-refractivity contribution is 5.24. The molecule has 1 nitrogen and oxygen atoms in total. The van der Waals surface area contributed by atoms with Gasteiger partial charge in [0, 0.05) is 6.04 Å². The summed E-state index contributed by atoms with van der Waals surface area (Å²) in [6.45, 7) is 5.52. The molecule has 0 aromatic heterocycles. The van der Waals surface area contributed by atoms with Crippen molar-refractivity contribution in [1.82, 2.24) is 5.32 Å².